The average Bonchev–Trinajstić information content (AvgIpc) is 3.16. The third-order valence-electron chi connectivity index (χ3n) is 4.21. The van der Waals surface area contributed by atoms with Gasteiger partial charge in [0.25, 0.3) is 5.89 Å². The van der Waals surface area contributed by atoms with Gasteiger partial charge in [0.15, 0.2) is 0 Å². The Morgan fingerprint density at radius 3 is 2.58 bits per heavy atom. The Kier molecular flexibility index (Phi) is 3.19. The van der Waals surface area contributed by atoms with Crippen LogP contribution in [0.15, 0.2) is 40.9 Å². The first kappa shape index (κ1) is 14.6. The summed E-state index contributed by atoms with van der Waals surface area (Å²) in [5, 5.41) is 3.96. The zero-order chi connectivity index (χ0) is 16.8. The van der Waals surface area contributed by atoms with E-state index in [2.05, 4.69) is 15.1 Å². The van der Waals surface area contributed by atoms with Crippen LogP contribution in [0, 0.1) is 19.7 Å². The van der Waals surface area contributed by atoms with Crippen LogP contribution in [0.1, 0.15) is 11.4 Å². The van der Waals surface area contributed by atoms with Crippen molar-refractivity contribution in [2.24, 2.45) is 7.05 Å². The fraction of sp³-hybridized carbons (Fsp3) is 0.167. The largest absolute Gasteiger partial charge is 0.334 e. The first-order valence-electron chi connectivity index (χ1n) is 7.56. The van der Waals surface area contributed by atoms with Crippen molar-refractivity contribution < 1.29 is 8.91 Å². The highest BCUT2D eigenvalue weighted by molar-refractivity contribution is 5.81. The molecule has 0 radical (unpaired) electrons. The van der Waals surface area contributed by atoms with Crippen LogP contribution in [0.2, 0.25) is 0 Å². The molecule has 0 saturated heterocycles. The molecule has 0 amide bonds. The number of aromatic nitrogens is 4. The highest BCUT2D eigenvalue weighted by atomic mass is 19.1. The van der Waals surface area contributed by atoms with E-state index in [9.17, 15) is 4.39 Å². The minimum atomic E-state index is -0.288. The molecule has 0 saturated carbocycles. The van der Waals surface area contributed by atoms with Crippen LogP contribution >= 0.6 is 0 Å². The molecule has 6 heteroatoms. The predicted molar refractivity (Wildman–Crippen MR) is 88.9 cm³/mol. The number of imidazole rings is 1. The van der Waals surface area contributed by atoms with Crippen LogP contribution in [-0.2, 0) is 7.05 Å². The van der Waals surface area contributed by atoms with Crippen LogP contribution in [0.5, 0.6) is 0 Å². The Bertz CT molecular complexity index is 1060. The summed E-state index contributed by atoms with van der Waals surface area (Å²) in [6.07, 6.45) is 0. The van der Waals surface area contributed by atoms with E-state index < -0.39 is 0 Å². The van der Waals surface area contributed by atoms with Crippen LogP contribution in [0.25, 0.3) is 33.9 Å². The van der Waals surface area contributed by atoms with Crippen molar-refractivity contribution in [2.75, 3.05) is 0 Å². The summed E-state index contributed by atoms with van der Waals surface area (Å²) in [7, 11) is 1.97. The van der Waals surface area contributed by atoms with Crippen molar-refractivity contribution in [1.29, 1.82) is 0 Å². The lowest BCUT2D eigenvalue weighted by Gasteiger charge is -1.98. The molecule has 2 heterocycles. The van der Waals surface area contributed by atoms with Crippen molar-refractivity contribution in [3.05, 3.63) is 53.6 Å². The second-order valence-electron chi connectivity index (χ2n) is 5.81. The molecule has 4 aromatic rings. The maximum Gasteiger partial charge on any atom is 0.258 e. The van der Waals surface area contributed by atoms with Gasteiger partial charge in [-0.2, -0.15) is 4.98 Å². The molecule has 2 aromatic heterocycles. The molecule has 0 spiro atoms. The maximum absolute atomic E-state index is 13.7. The molecule has 0 aliphatic carbocycles. The number of halogens is 1. The third kappa shape index (κ3) is 2.27. The maximum atomic E-state index is 13.7. The zero-order valence-electron chi connectivity index (χ0n) is 13.5. The second kappa shape index (κ2) is 5.26. The monoisotopic (exact) mass is 322 g/mol. The molecular formula is C18H15FN4O. The van der Waals surface area contributed by atoms with Gasteiger partial charge in [-0.1, -0.05) is 17.3 Å². The molecule has 0 atom stereocenters. The van der Waals surface area contributed by atoms with Gasteiger partial charge in [-0.3, -0.25) is 0 Å². The topological polar surface area (TPSA) is 56.7 Å². The summed E-state index contributed by atoms with van der Waals surface area (Å²) in [5.74, 6) is 1.39. The first-order chi connectivity index (χ1) is 11.5. The standard InChI is InChI=1S/C18H15FN4O/c1-10-4-5-12(8-14(10)19)17-21-18(24-22-17)13-6-7-16-15(9-13)20-11(2)23(16)3/h4-9H,1-3H3. The lowest BCUT2D eigenvalue weighted by molar-refractivity contribution is 0.432. The number of hydrogen-bond acceptors (Lipinski definition) is 4. The fourth-order valence-corrected chi connectivity index (χ4v) is 2.64. The second-order valence-corrected chi connectivity index (χ2v) is 5.81. The van der Waals surface area contributed by atoms with E-state index in [-0.39, 0.29) is 5.82 Å². The minimum Gasteiger partial charge on any atom is -0.334 e. The zero-order valence-corrected chi connectivity index (χ0v) is 13.5. The molecule has 0 bridgehead atoms. The van der Waals surface area contributed by atoms with Gasteiger partial charge in [0, 0.05) is 18.2 Å². The molecule has 120 valence electrons. The van der Waals surface area contributed by atoms with Crippen LogP contribution in [0.4, 0.5) is 4.39 Å². The molecule has 4 rings (SSSR count). The summed E-state index contributed by atoms with van der Waals surface area (Å²) in [4.78, 5) is 8.89. The summed E-state index contributed by atoms with van der Waals surface area (Å²) < 4.78 is 21.1. The number of rotatable bonds is 2. The van der Waals surface area contributed by atoms with Crippen molar-refractivity contribution in [3.63, 3.8) is 0 Å². The van der Waals surface area contributed by atoms with Gasteiger partial charge >= 0.3 is 0 Å². The number of benzene rings is 2. The molecule has 24 heavy (non-hydrogen) atoms. The SMILES string of the molecule is Cc1ccc(-c2noc(-c3ccc4c(c3)nc(C)n4C)n2)cc1F. The van der Waals surface area contributed by atoms with E-state index in [0.29, 0.717) is 22.8 Å². The Morgan fingerprint density at radius 1 is 1.00 bits per heavy atom. The van der Waals surface area contributed by atoms with E-state index in [1.807, 2.05) is 36.7 Å². The van der Waals surface area contributed by atoms with E-state index in [0.717, 1.165) is 22.4 Å². The van der Waals surface area contributed by atoms with Crippen molar-refractivity contribution >= 4 is 11.0 Å². The number of aryl methyl sites for hydroxylation is 3. The fourth-order valence-electron chi connectivity index (χ4n) is 2.64. The summed E-state index contributed by atoms with van der Waals surface area (Å²) >= 11 is 0. The van der Waals surface area contributed by atoms with E-state index in [4.69, 9.17) is 4.52 Å². The van der Waals surface area contributed by atoms with Gasteiger partial charge in [0.05, 0.1) is 11.0 Å². The minimum absolute atomic E-state index is 0.288. The summed E-state index contributed by atoms with van der Waals surface area (Å²) in [6.45, 7) is 3.67. The molecule has 0 fully saturated rings. The molecule has 0 N–H and O–H groups in total. The van der Waals surface area contributed by atoms with Crippen LogP contribution < -0.4 is 0 Å². The van der Waals surface area contributed by atoms with Gasteiger partial charge in [0.2, 0.25) is 5.82 Å². The summed E-state index contributed by atoms with van der Waals surface area (Å²) in [5.41, 5.74) is 3.86. The molecule has 0 unspecified atom stereocenters. The Hall–Kier alpha value is -3.02. The smallest absolute Gasteiger partial charge is 0.258 e. The van der Waals surface area contributed by atoms with Gasteiger partial charge in [-0.15, -0.1) is 0 Å². The van der Waals surface area contributed by atoms with E-state index in [1.165, 1.54) is 6.07 Å². The predicted octanol–water partition coefficient (Wildman–Crippen LogP) is 4.05. The highest BCUT2D eigenvalue weighted by Gasteiger charge is 2.13. The molecule has 5 nitrogen and oxygen atoms in total. The number of fused-ring (bicyclic) bond motifs is 1. The quantitative estimate of drug-likeness (QED) is 0.559. The Morgan fingerprint density at radius 2 is 1.79 bits per heavy atom. The van der Waals surface area contributed by atoms with E-state index in [1.54, 1.807) is 19.1 Å². The van der Waals surface area contributed by atoms with Crippen molar-refractivity contribution in [2.45, 2.75) is 13.8 Å². The lowest BCUT2D eigenvalue weighted by Crippen LogP contribution is -1.89. The lowest BCUT2D eigenvalue weighted by atomic mass is 10.1. The van der Waals surface area contributed by atoms with Crippen molar-refractivity contribution in [1.82, 2.24) is 19.7 Å². The summed E-state index contributed by atoms with van der Waals surface area (Å²) in [6, 6.07) is 10.7. The molecule has 2 aromatic carbocycles. The normalized spacial score (nSPS) is 11.3. The average molecular weight is 322 g/mol. The number of hydrogen-bond donors (Lipinski definition) is 0. The van der Waals surface area contributed by atoms with Gasteiger partial charge < -0.3 is 9.09 Å². The first-order valence-corrected chi connectivity index (χ1v) is 7.56. The highest BCUT2D eigenvalue weighted by Crippen LogP contribution is 2.26. The van der Waals surface area contributed by atoms with E-state index >= 15 is 0 Å². The Labute approximate surface area is 137 Å². The molecule has 0 aliphatic rings. The van der Waals surface area contributed by atoms with Crippen LogP contribution in [-0.4, -0.2) is 19.7 Å². The molecule has 0 aliphatic heterocycles. The number of nitrogens with zero attached hydrogens (tertiary/aromatic N) is 4. The molecular weight excluding hydrogens is 307 g/mol. The van der Waals surface area contributed by atoms with Gasteiger partial charge in [0.1, 0.15) is 11.6 Å². The Balaban J connectivity index is 1.75. The third-order valence-corrected chi connectivity index (χ3v) is 4.21. The van der Waals surface area contributed by atoms with Gasteiger partial charge in [-0.25, -0.2) is 9.37 Å². The van der Waals surface area contributed by atoms with Gasteiger partial charge in [-0.05, 0) is 43.7 Å². The van der Waals surface area contributed by atoms with Crippen LogP contribution in [0.3, 0.4) is 0 Å². The van der Waals surface area contributed by atoms with Crippen molar-refractivity contribution in [3.8, 4) is 22.8 Å².